The predicted octanol–water partition coefficient (Wildman–Crippen LogP) is 3.43. The van der Waals surface area contributed by atoms with Gasteiger partial charge in [-0.3, -0.25) is 19.8 Å². The summed E-state index contributed by atoms with van der Waals surface area (Å²) in [5, 5.41) is 6.32. The van der Waals surface area contributed by atoms with Gasteiger partial charge >= 0.3 is 0 Å². The van der Waals surface area contributed by atoms with Crippen molar-refractivity contribution in [2.75, 3.05) is 5.73 Å². The summed E-state index contributed by atoms with van der Waals surface area (Å²) in [5.41, 5.74) is 11.0. The Labute approximate surface area is 207 Å². The van der Waals surface area contributed by atoms with Crippen LogP contribution in [0.3, 0.4) is 0 Å². The molecule has 4 heterocycles. The van der Waals surface area contributed by atoms with Crippen molar-refractivity contribution in [3.05, 3.63) is 121 Å². The van der Waals surface area contributed by atoms with Gasteiger partial charge in [0.05, 0.1) is 11.1 Å². The third kappa shape index (κ3) is 3.94. The van der Waals surface area contributed by atoms with Gasteiger partial charge in [-0.2, -0.15) is 0 Å². The minimum absolute atomic E-state index is 0.271. The maximum absolute atomic E-state index is 13.8. The molecule has 0 aliphatic heterocycles. The molecule has 1 aromatic carbocycles. The van der Waals surface area contributed by atoms with Crippen molar-refractivity contribution < 1.29 is 0 Å². The Morgan fingerprint density at radius 3 is 1.58 bits per heavy atom. The summed E-state index contributed by atoms with van der Waals surface area (Å²) in [6, 6.07) is 14.6. The SMILES string of the molecule is Cc1ccnc(-n2[nH]c(C)c(C(c3ccc(N)cc3)c3c(C)[nH]n(-c4cc(C)ccn4)c3=O)c2=O)c1. The van der Waals surface area contributed by atoms with E-state index in [1.54, 1.807) is 24.5 Å². The number of hydrogen-bond donors (Lipinski definition) is 3. The van der Waals surface area contributed by atoms with Crippen LogP contribution < -0.4 is 16.9 Å². The summed E-state index contributed by atoms with van der Waals surface area (Å²) in [6.45, 7) is 7.54. The first-order valence-electron chi connectivity index (χ1n) is 11.6. The number of nitrogen functional groups attached to an aromatic ring is 1. The second-order valence-corrected chi connectivity index (χ2v) is 9.06. The number of aromatic amines is 2. The molecule has 0 aliphatic carbocycles. The molecule has 4 N–H and O–H groups in total. The van der Waals surface area contributed by atoms with Gasteiger partial charge in [0.25, 0.3) is 11.1 Å². The van der Waals surface area contributed by atoms with E-state index in [0.29, 0.717) is 39.8 Å². The Balaban J connectivity index is 1.76. The van der Waals surface area contributed by atoms with E-state index in [9.17, 15) is 9.59 Å². The topological polar surface area (TPSA) is 127 Å². The zero-order valence-corrected chi connectivity index (χ0v) is 20.5. The fraction of sp³-hybridized carbons (Fsp3) is 0.185. The highest BCUT2D eigenvalue weighted by molar-refractivity contribution is 5.49. The molecular weight excluding hydrogens is 454 g/mol. The summed E-state index contributed by atoms with van der Waals surface area (Å²) in [6.07, 6.45) is 3.32. The van der Waals surface area contributed by atoms with Crippen LogP contribution in [-0.2, 0) is 0 Å². The van der Waals surface area contributed by atoms with Crippen LogP contribution in [0, 0.1) is 27.7 Å². The molecule has 0 atom stereocenters. The van der Waals surface area contributed by atoms with Gasteiger partial charge in [-0.1, -0.05) is 12.1 Å². The molecule has 9 nitrogen and oxygen atoms in total. The Bertz CT molecular complexity index is 1580. The highest BCUT2D eigenvalue weighted by atomic mass is 16.1. The molecule has 36 heavy (non-hydrogen) atoms. The first-order valence-corrected chi connectivity index (χ1v) is 11.6. The van der Waals surface area contributed by atoms with Gasteiger partial charge < -0.3 is 5.73 Å². The first-order chi connectivity index (χ1) is 17.2. The van der Waals surface area contributed by atoms with Gasteiger partial charge in [-0.25, -0.2) is 19.3 Å². The molecule has 0 aliphatic rings. The van der Waals surface area contributed by atoms with Crippen molar-refractivity contribution >= 4 is 5.69 Å². The van der Waals surface area contributed by atoms with Crippen LogP contribution in [0.1, 0.15) is 45.1 Å². The summed E-state index contributed by atoms with van der Waals surface area (Å²) in [7, 11) is 0. The van der Waals surface area contributed by atoms with Crippen molar-refractivity contribution in [1.82, 2.24) is 29.5 Å². The molecule has 0 fully saturated rings. The normalized spacial score (nSPS) is 11.4. The van der Waals surface area contributed by atoms with E-state index in [0.717, 1.165) is 16.7 Å². The van der Waals surface area contributed by atoms with Crippen molar-refractivity contribution in [1.29, 1.82) is 0 Å². The molecule has 4 aromatic heterocycles. The van der Waals surface area contributed by atoms with Gasteiger partial charge in [0.15, 0.2) is 11.6 Å². The zero-order valence-electron chi connectivity index (χ0n) is 20.5. The third-order valence-electron chi connectivity index (χ3n) is 6.34. The molecule has 9 heteroatoms. The molecule has 5 aromatic rings. The molecule has 5 rings (SSSR count). The van der Waals surface area contributed by atoms with Gasteiger partial charge in [0.1, 0.15) is 0 Å². The summed E-state index contributed by atoms with van der Waals surface area (Å²) >= 11 is 0. The Hall–Kier alpha value is -4.66. The van der Waals surface area contributed by atoms with Crippen LogP contribution in [0.5, 0.6) is 0 Å². The highest BCUT2D eigenvalue weighted by Crippen LogP contribution is 2.32. The average molecular weight is 482 g/mol. The lowest BCUT2D eigenvalue weighted by Gasteiger charge is -2.16. The van der Waals surface area contributed by atoms with Crippen molar-refractivity contribution in [3.8, 4) is 11.6 Å². The number of pyridine rings is 2. The summed E-state index contributed by atoms with van der Waals surface area (Å²) < 4.78 is 2.84. The van der Waals surface area contributed by atoms with Crippen LogP contribution >= 0.6 is 0 Å². The zero-order chi connectivity index (χ0) is 25.6. The van der Waals surface area contributed by atoms with Crippen LogP contribution in [-0.4, -0.2) is 29.5 Å². The standard InChI is InChI=1S/C27H27N7O2/c1-15-9-11-29-21(13-15)33-26(35)23(17(3)31-33)25(19-5-7-20(28)8-6-19)24-18(4)32-34(27(24)36)22-14-16(2)10-12-30-22/h5-14,25,31-32H,28H2,1-4H3. The molecule has 0 bridgehead atoms. The monoisotopic (exact) mass is 481 g/mol. The summed E-state index contributed by atoms with van der Waals surface area (Å²) in [5.74, 6) is 0.324. The number of nitrogens with one attached hydrogen (secondary N) is 2. The number of anilines is 1. The number of hydrogen-bond acceptors (Lipinski definition) is 5. The number of aryl methyl sites for hydroxylation is 4. The number of nitrogens with zero attached hydrogens (tertiary/aromatic N) is 4. The number of H-pyrrole nitrogens is 2. The predicted molar refractivity (Wildman–Crippen MR) is 139 cm³/mol. The number of nitrogens with two attached hydrogens (primary N) is 1. The minimum atomic E-state index is -0.643. The van der Waals surface area contributed by atoms with Crippen LogP contribution in [0.15, 0.2) is 70.5 Å². The van der Waals surface area contributed by atoms with E-state index < -0.39 is 5.92 Å². The molecule has 0 radical (unpaired) electrons. The quantitative estimate of drug-likeness (QED) is 0.332. The lowest BCUT2D eigenvalue weighted by molar-refractivity contribution is 0.801. The van der Waals surface area contributed by atoms with E-state index >= 15 is 0 Å². The molecular formula is C27H27N7O2. The van der Waals surface area contributed by atoms with Crippen molar-refractivity contribution in [2.45, 2.75) is 33.6 Å². The van der Waals surface area contributed by atoms with E-state index in [2.05, 4.69) is 20.2 Å². The van der Waals surface area contributed by atoms with Crippen LogP contribution in [0.2, 0.25) is 0 Å². The fourth-order valence-corrected chi connectivity index (χ4v) is 4.57. The van der Waals surface area contributed by atoms with Crippen molar-refractivity contribution in [3.63, 3.8) is 0 Å². The van der Waals surface area contributed by atoms with Gasteiger partial charge in [-0.05, 0) is 80.8 Å². The number of benzene rings is 1. The maximum Gasteiger partial charge on any atom is 0.277 e. The van der Waals surface area contributed by atoms with Crippen molar-refractivity contribution in [2.24, 2.45) is 0 Å². The van der Waals surface area contributed by atoms with E-state index in [1.807, 2.05) is 64.1 Å². The Morgan fingerprint density at radius 1 is 0.722 bits per heavy atom. The lowest BCUT2D eigenvalue weighted by atomic mass is 9.85. The van der Waals surface area contributed by atoms with Gasteiger partial charge in [0.2, 0.25) is 0 Å². The van der Waals surface area contributed by atoms with Gasteiger partial charge in [0, 0.05) is 35.4 Å². The fourth-order valence-electron chi connectivity index (χ4n) is 4.57. The summed E-state index contributed by atoms with van der Waals surface area (Å²) in [4.78, 5) is 36.4. The molecule has 0 saturated carbocycles. The van der Waals surface area contributed by atoms with E-state index in [-0.39, 0.29) is 11.1 Å². The molecule has 0 spiro atoms. The van der Waals surface area contributed by atoms with E-state index in [1.165, 1.54) is 9.36 Å². The largest absolute Gasteiger partial charge is 0.399 e. The third-order valence-corrected chi connectivity index (χ3v) is 6.34. The average Bonchev–Trinajstić information content (AvgIpc) is 3.31. The Kier molecular flexibility index (Phi) is 5.68. The molecule has 0 amide bonds. The second-order valence-electron chi connectivity index (χ2n) is 9.06. The van der Waals surface area contributed by atoms with Crippen LogP contribution in [0.4, 0.5) is 5.69 Å². The van der Waals surface area contributed by atoms with E-state index in [4.69, 9.17) is 5.73 Å². The molecule has 0 unspecified atom stereocenters. The Morgan fingerprint density at radius 2 is 1.17 bits per heavy atom. The number of rotatable bonds is 5. The first kappa shape index (κ1) is 23.1. The number of aromatic nitrogens is 6. The van der Waals surface area contributed by atoms with Gasteiger partial charge in [-0.15, -0.1) is 0 Å². The molecule has 182 valence electrons. The molecule has 0 saturated heterocycles. The maximum atomic E-state index is 13.8. The minimum Gasteiger partial charge on any atom is -0.399 e. The highest BCUT2D eigenvalue weighted by Gasteiger charge is 2.31. The smallest absolute Gasteiger partial charge is 0.277 e. The second kappa shape index (κ2) is 8.84. The van der Waals surface area contributed by atoms with Crippen LogP contribution in [0.25, 0.3) is 11.6 Å². The lowest BCUT2D eigenvalue weighted by Crippen LogP contribution is -2.26.